The third-order valence-electron chi connectivity index (χ3n) is 8.18. The molecule has 290 valence electrons. The summed E-state index contributed by atoms with van der Waals surface area (Å²) in [5.74, 6) is -2.15. The fourth-order valence-corrected chi connectivity index (χ4v) is 7.52. The minimum Gasteiger partial charge on any atom is -0.481 e. The smallest absolute Gasteiger partial charge is 0.481 e. The molecule has 1 aliphatic rings. The minimum atomic E-state index is -3.16. The number of esters is 1. The molecule has 0 heterocycles. The van der Waals surface area contributed by atoms with E-state index >= 15 is 0 Å². The van der Waals surface area contributed by atoms with Crippen LogP contribution < -0.4 is 10.4 Å². The Balaban J connectivity index is 0. The van der Waals surface area contributed by atoms with Crippen LogP contribution in [0.3, 0.4) is 0 Å². The predicted octanol–water partition coefficient (Wildman–Crippen LogP) is 4.41. The van der Waals surface area contributed by atoms with Crippen molar-refractivity contribution >= 4 is 39.7 Å². The number of carbonyl (C=O) groups is 2. The van der Waals surface area contributed by atoms with E-state index in [1.54, 1.807) is 12.1 Å². The molecule has 4 atom stereocenters. The maximum atomic E-state index is 11.7. The van der Waals surface area contributed by atoms with E-state index in [1.165, 1.54) is 14.2 Å². The van der Waals surface area contributed by atoms with Crippen LogP contribution in [0.4, 0.5) is 0 Å². The SMILES string of the molecule is CCCCO.CCCCOC(=O)C1CCCCC1C(=O)O.CCCCO[Si](O)(OC)c1ccc(C)cc1.CO[Si](O)(CO)c1ccc(C)cc1.[Ti]. The Kier molecular flexibility index (Phi) is 29.9. The fourth-order valence-electron chi connectivity index (χ4n) is 4.76. The molecule has 4 unspecified atom stereocenters. The quantitative estimate of drug-likeness (QED) is 0.0928. The van der Waals surface area contributed by atoms with Gasteiger partial charge in [-0.1, -0.05) is 113 Å². The summed E-state index contributed by atoms with van der Waals surface area (Å²) >= 11 is 0. The fraction of sp³-hybridized carbons (Fsp3) is 0.622. The molecule has 51 heavy (non-hydrogen) atoms. The zero-order chi connectivity index (χ0) is 38.0. The van der Waals surface area contributed by atoms with Gasteiger partial charge >= 0.3 is 29.3 Å². The summed E-state index contributed by atoms with van der Waals surface area (Å²) in [5, 5.41) is 27.5. The van der Waals surface area contributed by atoms with E-state index < -0.39 is 35.2 Å². The molecule has 2 aromatic carbocycles. The Hall–Kier alpha value is -1.75. The van der Waals surface area contributed by atoms with E-state index in [1.807, 2.05) is 57.2 Å². The number of hydrogen-bond donors (Lipinski definition) is 5. The van der Waals surface area contributed by atoms with Gasteiger partial charge in [0.15, 0.2) is 0 Å². The number of hydrogen-bond acceptors (Lipinski definition) is 10. The van der Waals surface area contributed by atoms with E-state index in [0.29, 0.717) is 37.8 Å². The second-order valence-electron chi connectivity index (χ2n) is 12.3. The molecule has 0 saturated heterocycles. The second kappa shape index (κ2) is 29.7. The van der Waals surface area contributed by atoms with Crippen molar-refractivity contribution < 1.29 is 74.2 Å². The Morgan fingerprint density at radius 2 is 1.20 bits per heavy atom. The monoisotopic (exact) mass is 788 g/mol. The minimum absolute atomic E-state index is 0. The first-order valence-electron chi connectivity index (χ1n) is 17.8. The number of aryl methyl sites for hydroxylation is 2. The largest absolute Gasteiger partial charge is 0.534 e. The van der Waals surface area contributed by atoms with Gasteiger partial charge in [0.05, 0.1) is 24.7 Å². The maximum absolute atomic E-state index is 11.7. The van der Waals surface area contributed by atoms with E-state index in [4.69, 9.17) is 33.3 Å². The number of carboxylic acid groups (broad SMARTS) is 1. The predicted molar refractivity (Wildman–Crippen MR) is 200 cm³/mol. The van der Waals surface area contributed by atoms with Gasteiger partial charge < -0.3 is 42.9 Å². The Labute approximate surface area is 323 Å². The molecule has 1 saturated carbocycles. The van der Waals surface area contributed by atoms with Crippen LogP contribution in [0.5, 0.6) is 0 Å². The third kappa shape index (κ3) is 20.3. The molecule has 0 aliphatic heterocycles. The number of rotatable bonds is 16. The Bertz CT molecular complexity index is 1170. The summed E-state index contributed by atoms with van der Waals surface area (Å²) in [6, 6.07) is 15.0. The topological polar surface area (TPSA) is 172 Å². The molecule has 3 rings (SSSR count). The normalized spacial score (nSPS) is 17.2. The Morgan fingerprint density at radius 3 is 1.59 bits per heavy atom. The van der Waals surface area contributed by atoms with Gasteiger partial charge in [0.25, 0.3) is 0 Å². The van der Waals surface area contributed by atoms with Crippen molar-refractivity contribution in [1.82, 2.24) is 0 Å². The van der Waals surface area contributed by atoms with E-state index in [9.17, 15) is 19.2 Å². The van der Waals surface area contributed by atoms with Gasteiger partial charge in [0, 0.05) is 54.3 Å². The van der Waals surface area contributed by atoms with Crippen LogP contribution in [-0.4, -0.2) is 94.5 Å². The first-order valence-corrected chi connectivity index (χ1v) is 21.6. The van der Waals surface area contributed by atoms with Crippen LogP contribution >= 0.6 is 0 Å². The molecule has 2 aromatic rings. The molecule has 5 N–H and O–H groups in total. The van der Waals surface area contributed by atoms with Gasteiger partial charge in [0.2, 0.25) is 0 Å². The number of aliphatic hydroxyl groups is 2. The summed E-state index contributed by atoms with van der Waals surface area (Å²) in [6.07, 6.45) is 8.60. The first-order chi connectivity index (χ1) is 23.8. The van der Waals surface area contributed by atoms with Crippen molar-refractivity contribution in [3.05, 3.63) is 59.7 Å². The average molecular weight is 789 g/mol. The maximum Gasteiger partial charge on any atom is 0.534 e. The molecule has 0 spiro atoms. The molecule has 0 aromatic heterocycles. The number of ether oxygens (including phenoxy) is 1. The average Bonchev–Trinajstić information content (AvgIpc) is 3.13. The van der Waals surface area contributed by atoms with Gasteiger partial charge in [-0.25, -0.2) is 0 Å². The zero-order valence-corrected chi connectivity index (χ0v) is 35.4. The van der Waals surface area contributed by atoms with Crippen LogP contribution in [0.1, 0.15) is 96.1 Å². The van der Waals surface area contributed by atoms with Crippen LogP contribution in [0.25, 0.3) is 0 Å². The summed E-state index contributed by atoms with van der Waals surface area (Å²) in [5.41, 5.74) is 2.28. The van der Waals surface area contributed by atoms with E-state index in [0.717, 1.165) is 67.7 Å². The molecule has 1 aliphatic carbocycles. The van der Waals surface area contributed by atoms with Crippen LogP contribution in [-0.2, 0) is 49.3 Å². The van der Waals surface area contributed by atoms with Crippen molar-refractivity contribution in [3.8, 4) is 0 Å². The van der Waals surface area contributed by atoms with Crippen LogP contribution in [0, 0.1) is 25.7 Å². The van der Waals surface area contributed by atoms with Gasteiger partial charge in [-0.3, -0.25) is 9.59 Å². The van der Waals surface area contributed by atoms with Crippen molar-refractivity contribution in [2.45, 2.75) is 98.8 Å². The van der Waals surface area contributed by atoms with Gasteiger partial charge in [-0.05, 0) is 51.1 Å². The van der Waals surface area contributed by atoms with Crippen molar-refractivity contribution in [1.29, 1.82) is 0 Å². The van der Waals surface area contributed by atoms with Gasteiger partial charge in [-0.2, -0.15) is 0 Å². The summed E-state index contributed by atoms with van der Waals surface area (Å²) in [7, 11) is -3.28. The summed E-state index contributed by atoms with van der Waals surface area (Å²) < 4.78 is 20.8. The van der Waals surface area contributed by atoms with Crippen molar-refractivity contribution in [2.24, 2.45) is 11.8 Å². The van der Waals surface area contributed by atoms with Gasteiger partial charge in [-0.15, -0.1) is 0 Å². The van der Waals surface area contributed by atoms with E-state index in [2.05, 4.69) is 13.8 Å². The standard InChI is InChI=1S/C12H20O4.C12H20O3Si.C9H14O3Si.C4H10O.Ti/c1-2-3-8-16-12(15)10-7-5-4-6-9(10)11(13)14;1-4-5-10-15-16(13,14-3)12-8-6-11(2)7-9-12;1-8-3-5-9(6-4-8)13(11,7-10)12-2;1-2-3-4-5;/h9-10H,2-8H2,1H3,(H,13,14);6-9,13H,4-5,10H2,1-3H3;3-6,10-11H,7H2,1-2H3;5H,2-4H2,1H3;. The van der Waals surface area contributed by atoms with E-state index in [-0.39, 0.29) is 33.9 Å². The first kappa shape index (κ1) is 51.4. The Morgan fingerprint density at radius 1 is 0.725 bits per heavy atom. The van der Waals surface area contributed by atoms with Crippen molar-refractivity contribution in [3.63, 3.8) is 0 Å². The number of aliphatic carboxylic acids is 1. The molecule has 1 fully saturated rings. The molecule has 0 amide bonds. The molecular formula is C37H64O11Si2Ti. The number of benzene rings is 2. The summed E-state index contributed by atoms with van der Waals surface area (Å²) in [6.45, 7) is 11.4. The number of carboxylic acids is 1. The number of carbonyl (C=O) groups excluding carboxylic acids is 1. The molecule has 14 heteroatoms. The van der Waals surface area contributed by atoms with Crippen LogP contribution in [0.2, 0.25) is 0 Å². The zero-order valence-electron chi connectivity index (χ0n) is 31.9. The van der Waals surface area contributed by atoms with Crippen molar-refractivity contribution in [2.75, 3.05) is 40.3 Å². The molecule has 0 radical (unpaired) electrons. The molecule has 11 nitrogen and oxygen atoms in total. The number of aliphatic hydroxyl groups excluding tert-OH is 2. The molecular weight excluding hydrogens is 724 g/mol. The number of unbranched alkanes of at least 4 members (excludes halogenated alkanes) is 3. The molecule has 0 bridgehead atoms. The van der Waals surface area contributed by atoms with Crippen LogP contribution in [0.15, 0.2) is 48.5 Å². The summed E-state index contributed by atoms with van der Waals surface area (Å²) in [4.78, 5) is 42.9. The third-order valence-corrected chi connectivity index (χ3v) is 12.7. The van der Waals surface area contributed by atoms with Gasteiger partial charge in [0.1, 0.15) is 0 Å². The second-order valence-corrected chi connectivity index (χ2v) is 17.6.